The van der Waals surface area contributed by atoms with Crippen LogP contribution in [-0.2, 0) is 0 Å². The van der Waals surface area contributed by atoms with Gasteiger partial charge in [-0.2, -0.15) is 5.10 Å². The molecule has 0 unspecified atom stereocenters. The fraction of sp³-hybridized carbons (Fsp3) is 0.286. The van der Waals surface area contributed by atoms with Gasteiger partial charge < -0.3 is 10.2 Å². The molecule has 0 saturated heterocycles. The molecule has 0 aliphatic carbocycles. The summed E-state index contributed by atoms with van der Waals surface area (Å²) in [5.74, 6) is -0.0594. The van der Waals surface area contributed by atoms with Crippen LogP contribution in [0.25, 0.3) is 5.69 Å². The Balaban J connectivity index is 2.04. The summed E-state index contributed by atoms with van der Waals surface area (Å²) >= 11 is 0. The monoisotopic (exact) mass is 258 g/mol. The highest BCUT2D eigenvalue weighted by atomic mass is 16.1. The van der Waals surface area contributed by atoms with E-state index in [-0.39, 0.29) is 5.91 Å². The topological polar surface area (TPSA) is 50.2 Å². The number of amides is 1. The van der Waals surface area contributed by atoms with Gasteiger partial charge in [0.05, 0.1) is 5.69 Å². The molecule has 0 bridgehead atoms. The van der Waals surface area contributed by atoms with Gasteiger partial charge in [0.25, 0.3) is 5.91 Å². The Bertz CT molecular complexity index is 534. The number of nitrogens with zero attached hydrogens (tertiary/aromatic N) is 3. The van der Waals surface area contributed by atoms with Gasteiger partial charge in [-0.25, -0.2) is 4.68 Å². The number of rotatable bonds is 5. The van der Waals surface area contributed by atoms with Crippen LogP contribution in [0.1, 0.15) is 10.4 Å². The van der Waals surface area contributed by atoms with Gasteiger partial charge in [-0.1, -0.05) is 6.07 Å². The lowest BCUT2D eigenvalue weighted by molar-refractivity contribution is 0.0951. The van der Waals surface area contributed by atoms with E-state index in [1.165, 1.54) is 0 Å². The zero-order valence-corrected chi connectivity index (χ0v) is 11.2. The molecule has 2 rings (SSSR count). The Kier molecular flexibility index (Phi) is 4.30. The van der Waals surface area contributed by atoms with Crippen molar-refractivity contribution in [2.24, 2.45) is 0 Å². The Morgan fingerprint density at radius 1 is 1.37 bits per heavy atom. The van der Waals surface area contributed by atoms with Crippen molar-refractivity contribution in [3.63, 3.8) is 0 Å². The van der Waals surface area contributed by atoms with Gasteiger partial charge in [-0.05, 0) is 38.4 Å². The summed E-state index contributed by atoms with van der Waals surface area (Å²) in [5.41, 5.74) is 1.53. The largest absolute Gasteiger partial charge is 0.351 e. The minimum atomic E-state index is -0.0594. The van der Waals surface area contributed by atoms with Crippen molar-refractivity contribution in [3.05, 3.63) is 48.3 Å². The second-order valence-corrected chi connectivity index (χ2v) is 4.56. The number of nitrogens with one attached hydrogen (secondary N) is 1. The van der Waals surface area contributed by atoms with Crippen LogP contribution in [0.3, 0.4) is 0 Å². The Hall–Kier alpha value is -2.14. The molecule has 1 amide bonds. The number of aromatic nitrogens is 2. The van der Waals surface area contributed by atoms with Crippen molar-refractivity contribution in [3.8, 4) is 5.69 Å². The molecule has 0 atom stereocenters. The SMILES string of the molecule is CN(C)CCNC(=O)c1cccc(-n2cccn2)c1. The molecular formula is C14H18N4O. The van der Waals surface area contributed by atoms with E-state index >= 15 is 0 Å². The van der Waals surface area contributed by atoms with Crippen LogP contribution in [0.15, 0.2) is 42.7 Å². The first-order valence-electron chi connectivity index (χ1n) is 6.20. The normalized spacial score (nSPS) is 10.7. The summed E-state index contributed by atoms with van der Waals surface area (Å²) in [4.78, 5) is 14.0. The third-order valence-corrected chi connectivity index (χ3v) is 2.72. The van der Waals surface area contributed by atoms with E-state index in [2.05, 4.69) is 10.4 Å². The van der Waals surface area contributed by atoms with Gasteiger partial charge in [0.1, 0.15) is 0 Å². The molecule has 1 heterocycles. The van der Waals surface area contributed by atoms with E-state index in [0.29, 0.717) is 12.1 Å². The average Bonchev–Trinajstić information content (AvgIpc) is 2.92. The molecule has 0 spiro atoms. The van der Waals surface area contributed by atoms with Crippen LogP contribution in [0.2, 0.25) is 0 Å². The molecule has 0 aliphatic rings. The molecule has 5 heteroatoms. The van der Waals surface area contributed by atoms with Crippen molar-refractivity contribution in [1.82, 2.24) is 20.0 Å². The van der Waals surface area contributed by atoms with Crippen LogP contribution in [0.4, 0.5) is 0 Å². The van der Waals surface area contributed by atoms with Gasteiger partial charge >= 0.3 is 0 Å². The average molecular weight is 258 g/mol. The zero-order valence-electron chi connectivity index (χ0n) is 11.2. The van der Waals surface area contributed by atoms with E-state index in [1.807, 2.05) is 49.5 Å². The van der Waals surface area contributed by atoms with Gasteiger partial charge in [0, 0.05) is 31.0 Å². The highest BCUT2D eigenvalue weighted by Crippen LogP contribution is 2.09. The predicted molar refractivity (Wildman–Crippen MR) is 74.5 cm³/mol. The number of benzene rings is 1. The van der Waals surface area contributed by atoms with Gasteiger partial charge in [-0.3, -0.25) is 4.79 Å². The Labute approximate surface area is 112 Å². The highest BCUT2D eigenvalue weighted by Gasteiger charge is 2.06. The lowest BCUT2D eigenvalue weighted by Gasteiger charge is -2.11. The maximum atomic E-state index is 12.0. The summed E-state index contributed by atoms with van der Waals surface area (Å²) in [6.07, 6.45) is 3.56. The number of hydrogen-bond acceptors (Lipinski definition) is 3. The maximum absolute atomic E-state index is 12.0. The molecule has 5 nitrogen and oxygen atoms in total. The van der Waals surface area contributed by atoms with E-state index in [1.54, 1.807) is 16.9 Å². The van der Waals surface area contributed by atoms with Crippen molar-refractivity contribution >= 4 is 5.91 Å². The molecule has 0 radical (unpaired) electrons. The Morgan fingerprint density at radius 3 is 2.89 bits per heavy atom. The standard InChI is InChI=1S/C14H18N4O/c1-17(2)10-8-15-14(19)12-5-3-6-13(11-12)18-9-4-7-16-18/h3-7,9,11H,8,10H2,1-2H3,(H,15,19). The minimum Gasteiger partial charge on any atom is -0.351 e. The van der Waals surface area contributed by atoms with Gasteiger partial charge in [0.15, 0.2) is 0 Å². The fourth-order valence-corrected chi connectivity index (χ4v) is 1.71. The minimum absolute atomic E-state index is 0.0594. The van der Waals surface area contributed by atoms with Crippen LogP contribution >= 0.6 is 0 Å². The van der Waals surface area contributed by atoms with E-state index in [4.69, 9.17) is 0 Å². The molecule has 0 fully saturated rings. The predicted octanol–water partition coefficient (Wildman–Crippen LogP) is 1.16. The number of carbonyl (C=O) groups is 1. The third kappa shape index (κ3) is 3.66. The molecule has 1 aromatic heterocycles. The second kappa shape index (κ2) is 6.15. The molecule has 0 saturated carbocycles. The molecule has 100 valence electrons. The smallest absolute Gasteiger partial charge is 0.251 e. The van der Waals surface area contributed by atoms with E-state index in [9.17, 15) is 4.79 Å². The van der Waals surface area contributed by atoms with Gasteiger partial charge in [0.2, 0.25) is 0 Å². The summed E-state index contributed by atoms with van der Waals surface area (Å²) < 4.78 is 1.73. The summed E-state index contributed by atoms with van der Waals surface area (Å²) in [5, 5.41) is 7.04. The summed E-state index contributed by atoms with van der Waals surface area (Å²) in [6, 6.07) is 9.27. The van der Waals surface area contributed by atoms with E-state index < -0.39 is 0 Å². The number of likely N-dealkylation sites (N-methyl/N-ethyl adjacent to an activating group) is 1. The highest BCUT2D eigenvalue weighted by molar-refractivity contribution is 5.94. The first kappa shape index (κ1) is 13.3. The molecule has 1 aromatic carbocycles. The maximum Gasteiger partial charge on any atom is 0.251 e. The van der Waals surface area contributed by atoms with E-state index in [0.717, 1.165) is 12.2 Å². The molecule has 0 aliphatic heterocycles. The quantitative estimate of drug-likeness (QED) is 0.875. The molecule has 2 aromatic rings. The zero-order chi connectivity index (χ0) is 13.7. The van der Waals surface area contributed by atoms with Crippen LogP contribution in [0, 0.1) is 0 Å². The Morgan fingerprint density at radius 2 is 2.21 bits per heavy atom. The van der Waals surface area contributed by atoms with Crippen LogP contribution in [0.5, 0.6) is 0 Å². The molecular weight excluding hydrogens is 240 g/mol. The van der Waals surface area contributed by atoms with Crippen LogP contribution in [-0.4, -0.2) is 47.8 Å². The first-order valence-corrected chi connectivity index (χ1v) is 6.20. The first-order chi connectivity index (χ1) is 9.16. The number of carbonyl (C=O) groups excluding carboxylic acids is 1. The van der Waals surface area contributed by atoms with Crippen molar-refractivity contribution < 1.29 is 4.79 Å². The van der Waals surface area contributed by atoms with Crippen molar-refractivity contribution in [2.75, 3.05) is 27.2 Å². The molecule has 19 heavy (non-hydrogen) atoms. The summed E-state index contributed by atoms with van der Waals surface area (Å²) in [6.45, 7) is 1.46. The number of hydrogen-bond donors (Lipinski definition) is 1. The summed E-state index contributed by atoms with van der Waals surface area (Å²) in [7, 11) is 3.95. The van der Waals surface area contributed by atoms with Crippen molar-refractivity contribution in [2.45, 2.75) is 0 Å². The second-order valence-electron chi connectivity index (χ2n) is 4.56. The fourth-order valence-electron chi connectivity index (χ4n) is 1.71. The lowest BCUT2D eigenvalue weighted by atomic mass is 10.2. The van der Waals surface area contributed by atoms with Crippen LogP contribution < -0.4 is 5.32 Å². The molecule has 1 N–H and O–H groups in total. The van der Waals surface area contributed by atoms with Crippen molar-refractivity contribution in [1.29, 1.82) is 0 Å². The lowest BCUT2D eigenvalue weighted by Crippen LogP contribution is -2.31. The third-order valence-electron chi connectivity index (χ3n) is 2.72. The van der Waals surface area contributed by atoms with Gasteiger partial charge in [-0.15, -0.1) is 0 Å².